The van der Waals surface area contributed by atoms with Crippen LogP contribution in [0.25, 0.3) is 0 Å². The summed E-state index contributed by atoms with van der Waals surface area (Å²) >= 11 is 0. The van der Waals surface area contributed by atoms with E-state index < -0.39 is 61.9 Å². The largest absolute Gasteiger partial charge is 0.394 e. The lowest BCUT2D eigenvalue weighted by molar-refractivity contribution is -0.356. The molecule has 0 spiro atoms. The molecule has 6 fully saturated rings. The van der Waals surface area contributed by atoms with Crippen molar-refractivity contribution in [2.45, 2.75) is 87.4 Å². The average Bonchev–Trinajstić information content (AvgIpc) is 2.75. The predicted octanol–water partition coefficient (Wildman–Crippen LogP) is -1.41. The molecule has 10 nitrogen and oxygen atoms in total. The molecule has 6 aliphatic heterocycles. The fourth-order valence-electron chi connectivity index (χ4n) is 4.38. The monoisotopic (exact) mass is 433 g/mol. The van der Waals surface area contributed by atoms with Gasteiger partial charge < -0.3 is 49.8 Å². The second-order valence-electron chi connectivity index (χ2n) is 8.25. The van der Waals surface area contributed by atoms with E-state index in [1.54, 1.807) is 7.05 Å². The molecule has 30 heavy (non-hydrogen) atoms. The quantitative estimate of drug-likeness (QED) is 0.305. The van der Waals surface area contributed by atoms with Gasteiger partial charge in [-0.1, -0.05) is 13.0 Å². The van der Waals surface area contributed by atoms with Gasteiger partial charge in [0.2, 0.25) is 0 Å². The first-order valence-corrected chi connectivity index (χ1v) is 10.6. The average molecular weight is 433 g/mol. The van der Waals surface area contributed by atoms with Crippen LogP contribution in [0.3, 0.4) is 0 Å². The van der Waals surface area contributed by atoms with Gasteiger partial charge in [-0.25, -0.2) is 0 Å². The Morgan fingerprint density at radius 3 is 2.33 bits per heavy atom. The highest BCUT2D eigenvalue weighted by Crippen LogP contribution is 2.36. The van der Waals surface area contributed by atoms with Crippen molar-refractivity contribution in [1.29, 1.82) is 0 Å². The highest BCUT2D eigenvalue weighted by atomic mass is 16.7. The topological polar surface area (TPSA) is 150 Å². The number of ether oxygens (including phenoxy) is 4. The van der Waals surface area contributed by atoms with Gasteiger partial charge >= 0.3 is 0 Å². The minimum atomic E-state index is -1.43. The van der Waals surface area contributed by atoms with Crippen LogP contribution in [-0.2, 0) is 18.9 Å². The molecule has 4 bridgehead atoms. The van der Waals surface area contributed by atoms with Gasteiger partial charge in [-0.15, -0.1) is 0 Å². The molecule has 6 aliphatic rings. The van der Waals surface area contributed by atoms with Gasteiger partial charge in [0.05, 0.1) is 18.8 Å². The lowest BCUT2D eigenvalue weighted by Gasteiger charge is -2.47. The van der Waals surface area contributed by atoms with Gasteiger partial charge in [-0.2, -0.15) is 0 Å². The number of hydrogen-bond acceptors (Lipinski definition) is 10. The number of aliphatic hydroxyl groups excluding tert-OH is 5. The van der Waals surface area contributed by atoms with Gasteiger partial charge in [-0.3, -0.25) is 0 Å². The van der Waals surface area contributed by atoms with E-state index in [9.17, 15) is 25.5 Å². The SMILES string of the molecule is C=C(CCC1O[C@H]2OC3C(CO)O[C@@H](OCCCCC1C(O)C2O)C(O)C3O)NC. The van der Waals surface area contributed by atoms with E-state index in [0.29, 0.717) is 32.1 Å². The number of aliphatic hydroxyl groups is 5. The van der Waals surface area contributed by atoms with Crippen LogP contribution in [0.4, 0.5) is 0 Å². The lowest BCUT2D eigenvalue weighted by atomic mass is 9.83. The molecule has 6 heterocycles. The number of allylic oxidation sites excluding steroid dienone is 1. The molecule has 0 aromatic rings. The molecule has 0 radical (unpaired) electrons. The first kappa shape index (κ1) is 23.8. The van der Waals surface area contributed by atoms with Crippen molar-refractivity contribution in [1.82, 2.24) is 5.32 Å². The van der Waals surface area contributed by atoms with Crippen LogP contribution < -0.4 is 5.32 Å². The zero-order valence-corrected chi connectivity index (χ0v) is 17.3. The Morgan fingerprint density at radius 2 is 1.63 bits per heavy atom. The van der Waals surface area contributed by atoms with Crippen LogP contribution in [0.2, 0.25) is 0 Å². The molecule has 0 amide bonds. The van der Waals surface area contributed by atoms with Gasteiger partial charge in [-0.05, 0) is 25.7 Å². The summed E-state index contributed by atoms with van der Waals surface area (Å²) in [4.78, 5) is 0. The standard InChI is InChI=1S/C20H35NO9/c1-10(21-2)6-7-12-11-5-3-4-8-27-19-17(26)15(24)18(13(9-22)29-19)30-20(28-12)16(25)14(11)23/h11-26H,1,3-9H2,2H3/t11?,12?,13?,14?,15?,16?,17?,18?,19-,20+/m1/s1. The number of hydrogen-bond donors (Lipinski definition) is 6. The Kier molecular flexibility index (Phi) is 8.47. The molecule has 0 aromatic heterocycles. The van der Waals surface area contributed by atoms with Crippen molar-refractivity contribution >= 4 is 0 Å². The summed E-state index contributed by atoms with van der Waals surface area (Å²) in [5.41, 5.74) is 0.823. The van der Waals surface area contributed by atoms with Crippen LogP contribution in [0.5, 0.6) is 0 Å². The van der Waals surface area contributed by atoms with Crippen LogP contribution in [0.1, 0.15) is 32.1 Å². The lowest BCUT2D eigenvalue weighted by Crippen LogP contribution is -2.63. The third-order valence-corrected chi connectivity index (χ3v) is 6.26. The van der Waals surface area contributed by atoms with Gasteiger partial charge in [0.15, 0.2) is 12.6 Å². The fourth-order valence-corrected chi connectivity index (χ4v) is 4.38. The van der Waals surface area contributed by atoms with Crippen molar-refractivity contribution in [2.75, 3.05) is 20.3 Å². The van der Waals surface area contributed by atoms with Crippen molar-refractivity contribution in [3.63, 3.8) is 0 Å². The second-order valence-corrected chi connectivity index (χ2v) is 8.25. The fraction of sp³-hybridized carbons (Fsp3) is 0.900. The van der Waals surface area contributed by atoms with E-state index in [-0.39, 0.29) is 12.5 Å². The summed E-state index contributed by atoms with van der Waals surface area (Å²) in [5.74, 6) is -0.301. The number of rotatable bonds is 5. The summed E-state index contributed by atoms with van der Waals surface area (Å²) < 4.78 is 23.0. The summed E-state index contributed by atoms with van der Waals surface area (Å²) in [6.45, 7) is 3.70. The summed E-state index contributed by atoms with van der Waals surface area (Å²) in [6.07, 6.45) is -7.07. The predicted molar refractivity (Wildman–Crippen MR) is 104 cm³/mol. The smallest absolute Gasteiger partial charge is 0.186 e. The van der Waals surface area contributed by atoms with Gasteiger partial charge in [0.25, 0.3) is 0 Å². The third kappa shape index (κ3) is 5.14. The zero-order chi connectivity index (χ0) is 21.8. The molecule has 0 saturated carbocycles. The molecular formula is C20H35NO9. The Hall–Kier alpha value is -0.820. The maximum atomic E-state index is 10.8. The molecule has 0 aliphatic carbocycles. The van der Waals surface area contributed by atoms with E-state index in [2.05, 4.69) is 11.9 Å². The first-order valence-electron chi connectivity index (χ1n) is 10.6. The van der Waals surface area contributed by atoms with Crippen molar-refractivity contribution in [3.05, 3.63) is 12.3 Å². The van der Waals surface area contributed by atoms with Gasteiger partial charge in [0, 0.05) is 25.3 Å². The van der Waals surface area contributed by atoms with Crippen molar-refractivity contribution in [2.24, 2.45) is 5.92 Å². The highest BCUT2D eigenvalue weighted by Gasteiger charge is 2.50. The van der Waals surface area contributed by atoms with Crippen LogP contribution in [0.15, 0.2) is 12.3 Å². The molecule has 174 valence electrons. The molecule has 10 atom stereocenters. The molecule has 8 unspecified atom stereocenters. The van der Waals surface area contributed by atoms with Gasteiger partial charge in [0.1, 0.15) is 30.5 Å². The maximum Gasteiger partial charge on any atom is 0.186 e. The first-order chi connectivity index (χ1) is 14.4. The van der Waals surface area contributed by atoms with E-state index in [1.807, 2.05) is 0 Å². The van der Waals surface area contributed by atoms with E-state index in [1.165, 1.54) is 0 Å². The van der Waals surface area contributed by atoms with Crippen LogP contribution in [-0.4, -0.2) is 101 Å². The van der Waals surface area contributed by atoms with Crippen molar-refractivity contribution < 1.29 is 44.5 Å². The normalized spacial score (nSPS) is 45.1. The Labute approximate surface area is 176 Å². The number of nitrogens with one attached hydrogen (secondary N) is 1. The van der Waals surface area contributed by atoms with Crippen molar-refractivity contribution in [3.8, 4) is 0 Å². The Balaban J connectivity index is 1.84. The molecule has 6 rings (SSSR count). The van der Waals surface area contributed by atoms with Crippen LogP contribution >= 0.6 is 0 Å². The minimum absolute atomic E-state index is 0.272. The third-order valence-electron chi connectivity index (χ3n) is 6.26. The Bertz CT molecular complexity index is 562. The molecule has 0 aromatic carbocycles. The summed E-state index contributed by atoms with van der Waals surface area (Å²) in [7, 11) is 1.78. The second kappa shape index (κ2) is 10.7. The summed E-state index contributed by atoms with van der Waals surface area (Å²) in [5, 5.41) is 55.1. The maximum absolute atomic E-state index is 10.8. The molecular weight excluding hydrogens is 398 g/mol. The van der Waals surface area contributed by atoms with Crippen LogP contribution in [0, 0.1) is 5.92 Å². The Morgan fingerprint density at radius 1 is 0.933 bits per heavy atom. The minimum Gasteiger partial charge on any atom is -0.394 e. The molecule has 10 heteroatoms. The highest BCUT2D eigenvalue weighted by molar-refractivity contribution is 4.96. The van der Waals surface area contributed by atoms with E-state index in [4.69, 9.17) is 18.9 Å². The zero-order valence-electron chi connectivity index (χ0n) is 17.3. The summed E-state index contributed by atoms with van der Waals surface area (Å²) in [6, 6.07) is 0. The molecule has 6 saturated heterocycles. The van der Waals surface area contributed by atoms with E-state index >= 15 is 0 Å². The molecule has 6 N–H and O–H groups in total. The van der Waals surface area contributed by atoms with E-state index in [0.717, 1.165) is 5.70 Å².